The highest BCUT2D eigenvalue weighted by atomic mass is 33.1. The summed E-state index contributed by atoms with van der Waals surface area (Å²) in [5, 5.41) is 14.9. The highest BCUT2D eigenvalue weighted by Gasteiger charge is 2.50. The summed E-state index contributed by atoms with van der Waals surface area (Å²) in [6.45, 7) is 2.23. The van der Waals surface area contributed by atoms with E-state index in [0.29, 0.717) is 0 Å². The fourth-order valence-corrected chi connectivity index (χ4v) is 9.32. The molecule has 3 aromatic rings. The number of ether oxygens (including phenoxy) is 3. The summed E-state index contributed by atoms with van der Waals surface area (Å²) in [7, 11) is -7.38. The molecule has 2 aliphatic rings. The number of rotatable bonds is 19. The zero-order valence-electron chi connectivity index (χ0n) is 30.0. The first-order valence-electron chi connectivity index (χ1n) is 16.8. The van der Waals surface area contributed by atoms with Gasteiger partial charge in [0.1, 0.15) is 54.3 Å². The summed E-state index contributed by atoms with van der Waals surface area (Å²) in [5.41, 5.74) is 25.9. The Morgan fingerprint density at radius 2 is 1.86 bits per heavy atom. The third-order valence-corrected chi connectivity index (χ3v) is 13.1. The van der Waals surface area contributed by atoms with Crippen LogP contribution in [0.5, 0.6) is 0 Å². The van der Waals surface area contributed by atoms with Crippen LogP contribution in [0.4, 0.5) is 11.6 Å². The molecule has 2 fully saturated rings. The minimum Gasteiger partial charge on any atom is -0.455 e. The van der Waals surface area contributed by atoms with Crippen LogP contribution in [-0.4, -0.2) is 122 Å². The van der Waals surface area contributed by atoms with E-state index in [4.69, 9.17) is 46.0 Å². The number of nitrogen functional groups attached to an aromatic ring is 2. The van der Waals surface area contributed by atoms with E-state index in [1.807, 2.05) is 13.8 Å². The molecule has 57 heavy (non-hydrogen) atoms. The normalized spacial score (nSPS) is 25.9. The summed E-state index contributed by atoms with van der Waals surface area (Å²) in [4.78, 5) is 73.8. The number of carbonyl (C=O) groups excluding carboxylic acids is 1. The maximum Gasteiger partial charge on any atom is 0.472 e. The van der Waals surface area contributed by atoms with E-state index in [-0.39, 0.29) is 47.4 Å². The molecule has 314 valence electrons. The van der Waals surface area contributed by atoms with Crippen molar-refractivity contribution in [3.05, 3.63) is 45.8 Å². The van der Waals surface area contributed by atoms with Crippen LogP contribution in [0.25, 0.3) is 21.6 Å². The van der Waals surface area contributed by atoms with Crippen LogP contribution in [0.2, 0.25) is 0 Å². The first-order valence-corrected chi connectivity index (χ1v) is 22.1. The predicted molar refractivity (Wildman–Crippen MR) is 200 cm³/mol. The molecule has 0 aromatic carbocycles. The lowest BCUT2D eigenvalue weighted by molar-refractivity contribution is -0.158. The van der Waals surface area contributed by atoms with Crippen LogP contribution in [0.15, 0.2) is 34.8 Å². The molecule has 3 unspecified atom stereocenters. The van der Waals surface area contributed by atoms with Gasteiger partial charge in [0, 0.05) is 34.6 Å². The Morgan fingerprint density at radius 1 is 1.12 bits per heavy atom. The van der Waals surface area contributed by atoms with E-state index in [0.717, 1.165) is 10.9 Å². The van der Waals surface area contributed by atoms with Crippen molar-refractivity contribution in [3.63, 3.8) is 0 Å². The smallest absolute Gasteiger partial charge is 0.455 e. The summed E-state index contributed by atoms with van der Waals surface area (Å²) >= 11 is 0. The Bertz CT molecular complexity index is 2090. The van der Waals surface area contributed by atoms with Gasteiger partial charge in [-0.3, -0.25) is 27.5 Å². The topological polar surface area (TPSA) is 393 Å². The van der Waals surface area contributed by atoms with Crippen molar-refractivity contribution in [1.82, 2.24) is 29.1 Å². The Kier molecular flexibility index (Phi) is 15.0. The molecule has 2 saturated heterocycles. The fraction of sp³-hybridized carbons (Fsp3) is 0.630. The summed E-state index contributed by atoms with van der Waals surface area (Å²) in [5.74, 6) is -1.08. The van der Waals surface area contributed by atoms with Crippen LogP contribution in [-0.2, 0) is 41.7 Å². The minimum atomic E-state index is -5.18. The van der Waals surface area contributed by atoms with Crippen molar-refractivity contribution < 1.29 is 61.5 Å². The highest BCUT2D eigenvalue weighted by Crippen LogP contribution is 2.50. The molecule has 10 atom stereocenters. The van der Waals surface area contributed by atoms with Gasteiger partial charge in [-0.2, -0.15) is 4.98 Å². The zero-order chi connectivity index (χ0) is 41.7. The third-order valence-electron chi connectivity index (χ3n) is 8.19. The number of aliphatic hydroxyl groups excluding tert-OH is 1. The molecule has 0 saturated carbocycles. The van der Waals surface area contributed by atoms with Gasteiger partial charge in [-0.15, -0.1) is 0 Å². The lowest BCUT2D eigenvalue weighted by Gasteiger charge is -2.25. The minimum absolute atomic E-state index is 0.00838. The number of fused-ring (bicyclic) bond motifs is 1. The number of anilines is 2. The number of nitrogens with zero attached hydrogens (tertiary/aromatic N) is 9. The van der Waals surface area contributed by atoms with Gasteiger partial charge in [-0.1, -0.05) is 40.5 Å². The molecule has 2 aliphatic heterocycles. The van der Waals surface area contributed by atoms with Gasteiger partial charge in [-0.05, 0) is 18.0 Å². The molecule has 0 bridgehead atoms. The average Bonchev–Trinajstić information content (AvgIpc) is 3.82. The summed E-state index contributed by atoms with van der Waals surface area (Å²) in [6.07, 6.45) is -6.95. The first kappa shape index (κ1) is 44.7. The quantitative estimate of drug-likeness (QED) is 0.0215. The Balaban J connectivity index is 1.34. The van der Waals surface area contributed by atoms with Crippen molar-refractivity contribution >= 4 is 66.0 Å². The molecule has 5 heterocycles. The molecular formula is C27H40N12O14P2S2. The standard InChI is InChI=1S/C27H40N12O14P2S2/c1-12(2)56-57-13(7-35-37-31)5-14(28)26(41)52-22-17(51-25(21(22)40)39-11-34-20-23(30)32-10-33-24(20)39)9-49-55(46,47)53-15-6-19(38-4-3-18(29)36-27(38)42)50-16(15)8-48-54(43,44)45/h3-4,10-17,19,21-22,25,40H,5-9,28H2,1-2H3,(H,46,47)(H2,29,36,42)(H2,30,32,33)(H2,43,44,45)/t13?,14?,15-,16+,17-,19+,21+,22+,25+/m0/s1. The van der Waals surface area contributed by atoms with Gasteiger partial charge in [0.15, 0.2) is 23.8 Å². The van der Waals surface area contributed by atoms with E-state index in [2.05, 4.69) is 34.5 Å². The molecule has 26 nitrogen and oxygen atoms in total. The Hall–Kier alpha value is -3.43. The molecule has 30 heteroatoms. The molecule has 0 radical (unpaired) electrons. The second kappa shape index (κ2) is 19.1. The maximum absolute atomic E-state index is 13.4. The number of phosphoric acid groups is 2. The van der Waals surface area contributed by atoms with E-state index < -0.39 is 94.8 Å². The highest BCUT2D eigenvalue weighted by molar-refractivity contribution is 8.77. The Morgan fingerprint density at radius 3 is 2.54 bits per heavy atom. The van der Waals surface area contributed by atoms with E-state index in [1.54, 1.807) is 0 Å². The lowest BCUT2D eigenvalue weighted by Crippen LogP contribution is -2.44. The zero-order valence-corrected chi connectivity index (χ0v) is 33.4. The number of azide groups is 1. The fourth-order valence-electron chi connectivity index (χ4n) is 5.66. The molecule has 0 amide bonds. The largest absolute Gasteiger partial charge is 0.472 e. The van der Waals surface area contributed by atoms with Crippen molar-refractivity contribution in [2.24, 2.45) is 10.8 Å². The number of nitrogens with two attached hydrogens (primary N) is 3. The van der Waals surface area contributed by atoms with E-state index in [9.17, 15) is 38.5 Å². The van der Waals surface area contributed by atoms with E-state index in [1.165, 1.54) is 44.7 Å². The van der Waals surface area contributed by atoms with Crippen molar-refractivity contribution in [3.8, 4) is 0 Å². The average molecular weight is 883 g/mol. The van der Waals surface area contributed by atoms with Crippen LogP contribution in [0.3, 0.4) is 0 Å². The van der Waals surface area contributed by atoms with Gasteiger partial charge in [0.25, 0.3) is 0 Å². The number of aliphatic hydroxyl groups is 1. The first-order chi connectivity index (χ1) is 26.9. The molecule has 0 spiro atoms. The van der Waals surface area contributed by atoms with Crippen molar-refractivity contribution in [2.45, 2.75) is 86.2 Å². The molecule has 3 aromatic heterocycles. The van der Waals surface area contributed by atoms with Gasteiger partial charge < -0.3 is 51.2 Å². The van der Waals surface area contributed by atoms with Crippen LogP contribution < -0.4 is 22.9 Å². The second-order valence-electron chi connectivity index (χ2n) is 12.8. The predicted octanol–water partition coefficient (Wildman–Crippen LogP) is 0.503. The number of carbonyl (C=O) groups is 1. The number of imidazole rings is 1. The third kappa shape index (κ3) is 11.8. The van der Waals surface area contributed by atoms with Gasteiger partial charge in [0.2, 0.25) is 0 Å². The van der Waals surface area contributed by atoms with Crippen molar-refractivity contribution in [1.29, 1.82) is 0 Å². The number of hydrogen-bond donors (Lipinski definition) is 7. The van der Waals surface area contributed by atoms with Crippen molar-refractivity contribution in [2.75, 3.05) is 31.2 Å². The van der Waals surface area contributed by atoms with E-state index >= 15 is 0 Å². The molecule has 10 N–H and O–H groups in total. The second-order valence-corrected chi connectivity index (χ2v) is 18.6. The van der Waals surface area contributed by atoms with Gasteiger partial charge >= 0.3 is 27.3 Å². The SMILES string of the molecule is CC(C)SSC(CN=[N+]=[N-])CC(N)C(=O)O[C@H]1[C@@H](O)[C@H](n2cnc3c(N)ncnc32)O[C@H]1COP(=O)(O)O[C@H]1C[C@H](n2ccc(N)nc2=O)O[C@@H]1COP(=O)(O)O. The number of aromatic nitrogens is 6. The van der Waals surface area contributed by atoms with Crippen LogP contribution in [0.1, 0.15) is 39.1 Å². The molecule has 5 rings (SSSR count). The van der Waals surface area contributed by atoms with Crippen LogP contribution in [0, 0.1) is 0 Å². The van der Waals surface area contributed by atoms with Crippen LogP contribution >= 0.6 is 37.2 Å². The Labute approximate surface area is 330 Å². The molecule has 0 aliphatic carbocycles. The number of hydrogen-bond acceptors (Lipinski definition) is 21. The van der Waals surface area contributed by atoms with Gasteiger partial charge in [-0.25, -0.2) is 28.9 Å². The number of esters is 1. The monoisotopic (exact) mass is 882 g/mol. The maximum atomic E-state index is 13.4. The molecular weight excluding hydrogens is 842 g/mol. The summed E-state index contributed by atoms with van der Waals surface area (Å²) in [6, 6.07) is -0.00194. The summed E-state index contributed by atoms with van der Waals surface area (Å²) < 4.78 is 59.6. The van der Waals surface area contributed by atoms with Gasteiger partial charge in [0.05, 0.1) is 19.5 Å². The lowest BCUT2D eigenvalue weighted by atomic mass is 10.1. The number of phosphoric ester groups is 2.